The molecule has 3 unspecified atom stereocenters. The summed E-state index contributed by atoms with van der Waals surface area (Å²) in [6.45, 7) is 22.4. The van der Waals surface area contributed by atoms with E-state index in [4.69, 9.17) is 32.0 Å². The first-order valence-electron chi connectivity index (χ1n) is 14.6. The van der Waals surface area contributed by atoms with Gasteiger partial charge in [0.15, 0.2) is 11.7 Å². The Bertz CT molecular complexity index is 1240. The molecule has 2 fully saturated rings. The smallest absolute Gasteiger partial charge is 0.186 e. The van der Waals surface area contributed by atoms with Gasteiger partial charge in [-0.3, -0.25) is 0 Å². The van der Waals surface area contributed by atoms with Gasteiger partial charge in [-0.2, -0.15) is 4.99 Å². The monoisotopic (exact) mass is 563 g/mol. The number of nitrogens with two attached hydrogens (primary N) is 1. The normalized spacial score (nSPS) is 22.5. The van der Waals surface area contributed by atoms with Crippen molar-refractivity contribution in [3.8, 4) is 11.3 Å². The largest absolute Gasteiger partial charge is 0.477 e. The van der Waals surface area contributed by atoms with Crippen molar-refractivity contribution < 1.29 is 4.74 Å². The SMILES string of the molecule is C=CCCN(CCC)c1ccc(-c2nc(/N=C(\C)OC3CC4CN(C(=C)C(C)C)CC4(N)C3)c(C)cc2Cl)cc1. The minimum Gasteiger partial charge on any atom is -0.477 e. The van der Waals surface area contributed by atoms with Crippen molar-refractivity contribution in [2.45, 2.75) is 71.9 Å². The number of fused-ring (bicyclic) bond motifs is 1. The molecule has 40 heavy (non-hydrogen) atoms. The Hall–Kier alpha value is -2.83. The van der Waals surface area contributed by atoms with Gasteiger partial charge < -0.3 is 20.3 Å². The molecule has 6 nitrogen and oxygen atoms in total. The quantitative estimate of drug-likeness (QED) is 0.174. The van der Waals surface area contributed by atoms with E-state index in [1.165, 1.54) is 11.4 Å². The third kappa shape index (κ3) is 6.72. The van der Waals surface area contributed by atoms with Crippen LogP contribution in [0.4, 0.5) is 11.5 Å². The molecule has 2 N–H and O–H groups in total. The number of pyridine rings is 1. The lowest BCUT2D eigenvalue weighted by Crippen LogP contribution is -2.45. The Morgan fingerprint density at radius 3 is 2.67 bits per heavy atom. The van der Waals surface area contributed by atoms with Gasteiger partial charge in [-0.05, 0) is 61.8 Å². The summed E-state index contributed by atoms with van der Waals surface area (Å²) >= 11 is 6.67. The molecule has 0 radical (unpaired) electrons. The lowest BCUT2D eigenvalue weighted by molar-refractivity contribution is 0.173. The highest BCUT2D eigenvalue weighted by Gasteiger charge is 2.51. The number of halogens is 1. The van der Waals surface area contributed by atoms with Gasteiger partial charge in [0.25, 0.3) is 0 Å². The number of nitrogens with zero attached hydrogens (tertiary/aromatic N) is 4. The fourth-order valence-corrected chi connectivity index (χ4v) is 6.37. The number of rotatable bonds is 11. The van der Waals surface area contributed by atoms with E-state index in [0.717, 1.165) is 68.7 Å². The van der Waals surface area contributed by atoms with Gasteiger partial charge in [0, 0.05) is 62.0 Å². The number of benzene rings is 1. The summed E-state index contributed by atoms with van der Waals surface area (Å²) in [6.07, 6.45) is 5.81. The number of allylic oxidation sites excluding steroid dienone is 1. The summed E-state index contributed by atoms with van der Waals surface area (Å²) < 4.78 is 6.33. The predicted molar refractivity (Wildman–Crippen MR) is 170 cm³/mol. The van der Waals surface area contributed by atoms with Crippen LogP contribution in [0.2, 0.25) is 5.02 Å². The molecule has 0 bridgehead atoms. The van der Waals surface area contributed by atoms with Crippen LogP contribution < -0.4 is 10.6 Å². The van der Waals surface area contributed by atoms with Crippen LogP contribution >= 0.6 is 11.6 Å². The predicted octanol–water partition coefficient (Wildman–Crippen LogP) is 7.53. The van der Waals surface area contributed by atoms with Crippen LogP contribution in [0.25, 0.3) is 11.3 Å². The van der Waals surface area contributed by atoms with Gasteiger partial charge in [0.05, 0.1) is 10.7 Å². The number of aromatic nitrogens is 1. The van der Waals surface area contributed by atoms with Crippen molar-refractivity contribution in [2.75, 3.05) is 31.1 Å². The van der Waals surface area contributed by atoms with E-state index in [9.17, 15) is 0 Å². The summed E-state index contributed by atoms with van der Waals surface area (Å²) in [7, 11) is 0. The molecule has 1 aliphatic carbocycles. The summed E-state index contributed by atoms with van der Waals surface area (Å²) in [4.78, 5) is 14.4. The van der Waals surface area contributed by atoms with Crippen molar-refractivity contribution in [1.82, 2.24) is 9.88 Å². The molecule has 1 saturated carbocycles. The third-order valence-corrected chi connectivity index (χ3v) is 8.60. The van der Waals surface area contributed by atoms with Crippen LogP contribution in [0.3, 0.4) is 0 Å². The number of aryl methyl sites for hydroxylation is 1. The molecule has 4 rings (SSSR count). The lowest BCUT2D eigenvalue weighted by atomic mass is 9.92. The van der Waals surface area contributed by atoms with Crippen molar-refractivity contribution in [2.24, 2.45) is 22.6 Å². The zero-order valence-corrected chi connectivity index (χ0v) is 25.7. The highest BCUT2D eigenvalue weighted by atomic mass is 35.5. The average molecular weight is 564 g/mol. The number of anilines is 1. The van der Waals surface area contributed by atoms with Gasteiger partial charge in [-0.15, -0.1) is 6.58 Å². The Morgan fingerprint density at radius 1 is 1.32 bits per heavy atom. The summed E-state index contributed by atoms with van der Waals surface area (Å²) in [5.41, 5.74) is 11.6. The van der Waals surface area contributed by atoms with E-state index in [2.05, 4.69) is 68.0 Å². The summed E-state index contributed by atoms with van der Waals surface area (Å²) in [5.74, 6) is 2.06. The van der Waals surface area contributed by atoms with Crippen LogP contribution in [0, 0.1) is 18.8 Å². The minimum atomic E-state index is -0.241. The molecule has 216 valence electrons. The molecule has 1 saturated heterocycles. The van der Waals surface area contributed by atoms with Crippen LogP contribution in [0.5, 0.6) is 0 Å². The Balaban J connectivity index is 1.46. The molecule has 2 aliphatic rings. The number of ether oxygens (including phenoxy) is 1. The summed E-state index contributed by atoms with van der Waals surface area (Å²) in [5, 5.41) is 0.612. The van der Waals surface area contributed by atoms with Crippen LogP contribution in [0.15, 0.2) is 60.3 Å². The first-order chi connectivity index (χ1) is 19.0. The third-order valence-electron chi connectivity index (χ3n) is 8.31. The number of hydrogen-bond donors (Lipinski definition) is 1. The summed E-state index contributed by atoms with van der Waals surface area (Å²) in [6, 6.07) is 10.4. The number of hydrogen-bond acceptors (Lipinski definition) is 6. The lowest BCUT2D eigenvalue weighted by Gasteiger charge is -2.28. The molecular weight excluding hydrogens is 518 g/mol. The average Bonchev–Trinajstić information content (AvgIpc) is 3.38. The number of likely N-dealkylation sites (tertiary alicyclic amines) is 1. The second-order valence-electron chi connectivity index (χ2n) is 11.8. The molecule has 1 aromatic carbocycles. The first kappa shape index (κ1) is 30.1. The Kier molecular flexibility index (Phi) is 9.63. The molecule has 2 aromatic rings. The van der Waals surface area contributed by atoms with Crippen molar-refractivity contribution in [3.05, 3.63) is 65.8 Å². The van der Waals surface area contributed by atoms with E-state index < -0.39 is 0 Å². The zero-order chi connectivity index (χ0) is 29.0. The van der Waals surface area contributed by atoms with Crippen LogP contribution in [-0.2, 0) is 4.74 Å². The van der Waals surface area contributed by atoms with Crippen LogP contribution in [0.1, 0.15) is 58.9 Å². The van der Waals surface area contributed by atoms with E-state index in [-0.39, 0.29) is 11.6 Å². The van der Waals surface area contributed by atoms with E-state index in [1.807, 2.05) is 26.0 Å². The van der Waals surface area contributed by atoms with Crippen molar-refractivity contribution >= 4 is 29.0 Å². The Morgan fingerprint density at radius 2 is 2.05 bits per heavy atom. The van der Waals surface area contributed by atoms with Gasteiger partial charge in [-0.25, -0.2) is 4.98 Å². The fourth-order valence-electron chi connectivity index (χ4n) is 6.06. The van der Waals surface area contributed by atoms with E-state index in [0.29, 0.717) is 28.6 Å². The highest BCUT2D eigenvalue weighted by Crippen LogP contribution is 2.43. The van der Waals surface area contributed by atoms with E-state index >= 15 is 0 Å². The Labute approximate surface area is 246 Å². The molecule has 2 heterocycles. The van der Waals surface area contributed by atoms with Gasteiger partial charge in [0.2, 0.25) is 0 Å². The molecular formula is C33H46ClN5O. The standard InChI is InChI=1S/C33H46ClN5O/c1-8-10-16-38(15-9-2)28-13-11-26(12-14-28)31-30(34)17-23(5)32(37-31)36-25(7)40-29-18-27-20-39(24(6)22(3)4)21-33(27,35)19-29/h8,11-14,17,22,27,29H,1,6,9-10,15-16,18-21,35H2,2-5,7H3/b36-25+. The van der Waals surface area contributed by atoms with Crippen molar-refractivity contribution in [1.29, 1.82) is 0 Å². The molecule has 1 aliphatic heterocycles. The fraction of sp³-hybridized carbons (Fsp3) is 0.515. The van der Waals surface area contributed by atoms with Crippen LogP contribution in [-0.4, -0.2) is 53.6 Å². The maximum absolute atomic E-state index is 6.87. The van der Waals surface area contributed by atoms with Crippen molar-refractivity contribution in [3.63, 3.8) is 0 Å². The molecule has 0 spiro atoms. The highest BCUT2D eigenvalue weighted by molar-refractivity contribution is 6.33. The second kappa shape index (κ2) is 12.8. The molecule has 0 amide bonds. The number of aliphatic imine (C=N–C) groups is 1. The second-order valence-corrected chi connectivity index (χ2v) is 12.2. The van der Waals surface area contributed by atoms with E-state index in [1.54, 1.807) is 0 Å². The van der Waals surface area contributed by atoms with Gasteiger partial charge >= 0.3 is 0 Å². The van der Waals surface area contributed by atoms with Gasteiger partial charge in [-0.1, -0.05) is 57.2 Å². The molecule has 1 aromatic heterocycles. The van der Waals surface area contributed by atoms with Gasteiger partial charge in [0.1, 0.15) is 6.10 Å². The molecule has 7 heteroatoms. The maximum atomic E-state index is 6.87. The minimum absolute atomic E-state index is 0.0555. The zero-order valence-electron chi connectivity index (χ0n) is 24.9. The topological polar surface area (TPSA) is 67.0 Å². The first-order valence-corrected chi connectivity index (χ1v) is 15.0. The maximum Gasteiger partial charge on any atom is 0.186 e. The molecule has 3 atom stereocenters.